The Morgan fingerprint density at radius 2 is 1.67 bits per heavy atom. The zero-order valence-electron chi connectivity index (χ0n) is 7.65. The lowest BCUT2D eigenvalue weighted by Crippen LogP contribution is -2.17. The molecule has 0 aromatic heterocycles. The first-order chi connectivity index (χ1) is 6.71. The molecule has 0 fully saturated rings. The average molecular weight is 288 g/mol. The summed E-state index contributed by atoms with van der Waals surface area (Å²) in [4.78, 5) is -0.0328. The summed E-state index contributed by atoms with van der Waals surface area (Å²) in [6.45, 7) is 1.82. The van der Waals surface area contributed by atoms with Gasteiger partial charge in [0.2, 0.25) is 10.0 Å². The lowest BCUT2D eigenvalue weighted by molar-refractivity contribution is 0.580. The zero-order valence-corrected chi connectivity index (χ0v) is 10.9. The third-order valence-electron chi connectivity index (χ3n) is 1.56. The van der Waals surface area contributed by atoms with Gasteiger partial charge in [0.15, 0.2) is 0 Å². The summed E-state index contributed by atoms with van der Waals surface area (Å²) in [6, 6.07) is 5.98. The first-order valence-electron chi connectivity index (χ1n) is 3.81. The summed E-state index contributed by atoms with van der Waals surface area (Å²) < 4.78 is 35.6. The smallest absolute Gasteiger partial charge is 0.270 e. The zero-order chi connectivity index (χ0) is 11.7. The monoisotopic (exact) mass is 287 g/mol. The second kappa shape index (κ2) is 4.44. The Morgan fingerprint density at radius 1 is 1.20 bits per heavy atom. The first-order valence-corrected chi connectivity index (χ1v) is 8.81. The van der Waals surface area contributed by atoms with Gasteiger partial charge in [0.1, 0.15) is 0 Å². The van der Waals surface area contributed by atoms with Crippen LogP contribution in [0.25, 0.3) is 0 Å². The molecule has 1 aromatic carbocycles. The molecule has 0 spiro atoms. The van der Waals surface area contributed by atoms with E-state index in [1.807, 2.05) is 6.92 Å². The number of hydrogen-bond donors (Lipinski definition) is 1. The van der Waals surface area contributed by atoms with E-state index in [1.165, 1.54) is 12.1 Å². The van der Waals surface area contributed by atoms with E-state index in [9.17, 15) is 13.0 Å². The van der Waals surface area contributed by atoms with Gasteiger partial charge in [0.05, 0.1) is 4.90 Å². The highest BCUT2D eigenvalue weighted by Gasteiger charge is 2.24. The van der Waals surface area contributed by atoms with Gasteiger partial charge in [-0.3, -0.25) is 4.57 Å². The van der Waals surface area contributed by atoms with Crippen molar-refractivity contribution in [2.24, 2.45) is 0 Å². The van der Waals surface area contributed by atoms with Gasteiger partial charge in [-0.05, 0) is 41.5 Å². The van der Waals surface area contributed by atoms with Crippen LogP contribution in [-0.2, 0) is 14.6 Å². The van der Waals surface area contributed by atoms with E-state index >= 15 is 0 Å². The van der Waals surface area contributed by atoms with Crippen molar-refractivity contribution < 1.29 is 13.0 Å². The lowest BCUT2D eigenvalue weighted by atomic mass is 10.2. The van der Waals surface area contributed by atoms with Crippen LogP contribution < -0.4 is 4.49 Å². The summed E-state index contributed by atoms with van der Waals surface area (Å²) in [5.41, 5.74) is 0.911. The highest BCUT2D eigenvalue weighted by molar-refractivity contribution is 8.14. The molecule has 0 heterocycles. The van der Waals surface area contributed by atoms with E-state index in [0.29, 0.717) is 0 Å². The minimum absolute atomic E-state index is 0.0328. The van der Waals surface area contributed by atoms with E-state index in [2.05, 4.69) is 0 Å². The van der Waals surface area contributed by atoms with Crippen LogP contribution in [0, 0.1) is 6.92 Å². The number of halogens is 2. The molecule has 1 rings (SSSR count). The van der Waals surface area contributed by atoms with E-state index in [4.69, 9.17) is 22.5 Å². The maximum Gasteiger partial charge on any atom is 0.332 e. The SMILES string of the molecule is Cc1ccc(S(=O)(=O)NP(=O)(Cl)Cl)cc1. The Morgan fingerprint density at radius 3 is 2.07 bits per heavy atom. The summed E-state index contributed by atoms with van der Waals surface area (Å²) in [5, 5.41) is 0. The molecule has 0 aliphatic rings. The fourth-order valence-electron chi connectivity index (χ4n) is 0.910. The molecule has 0 aliphatic carbocycles. The normalized spacial score (nSPS) is 12.7. The predicted molar refractivity (Wildman–Crippen MR) is 60.8 cm³/mol. The third-order valence-corrected chi connectivity index (χ3v) is 5.50. The van der Waals surface area contributed by atoms with Crippen LogP contribution in [0.4, 0.5) is 0 Å². The number of sulfonamides is 1. The molecule has 1 aromatic rings. The topological polar surface area (TPSA) is 63.2 Å². The molecule has 0 radical (unpaired) electrons. The molecule has 4 nitrogen and oxygen atoms in total. The van der Waals surface area contributed by atoms with Crippen molar-refractivity contribution in [1.82, 2.24) is 4.49 Å². The molecule has 8 heteroatoms. The van der Waals surface area contributed by atoms with E-state index in [0.717, 1.165) is 5.56 Å². The Hall–Kier alpha value is -0.0600. The van der Waals surface area contributed by atoms with E-state index in [-0.39, 0.29) is 4.90 Å². The Bertz CT molecular complexity index is 493. The molecule has 0 saturated heterocycles. The van der Waals surface area contributed by atoms with Crippen molar-refractivity contribution in [3.8, 4) is 0 Å². The summed E-state index contributed by atoms with van der Waals surface area (Å²) in [5.74, 6) is -3.86. The molecule has 0 saturated carbocycles. The number of benzene rings is 1. The van der Waals surface area contributed by atoms with Crippen LogP contribution in [0.3, 0.4) is 0 Å². The molecular weight excluding hydrogens is 280 g/mol. The predicted octanol–water partition coefficient (Wildman–Crippen LogP) is 2.86. The molecule has 84 valence electrons. The van der Waals surface area contributed by atoms with Gasteiger partial charge >= 0.3 is 6.00 Å². The largest absolute Gasteiger partial charge is 0.332 e. The molecule has 0 unspecified atom stereocenters. The molecule has 0 atom stereocenters. The number of hydrogen-bond acceptors (Lipinski definition) is 3. The highest BCUT2D eigenvalue weighted by Crippen LogP contribution is 2.53. The summed E-state index contributed by atoms with van der Waals surface area (Å²) in [6.07, 6.45) is 0. The third kappa shape index (κ3) is 4.13. The van der Waals surface area contributed by atoms with Gasteiger partial charge in [-0.1, -0.05) is 17.7 Å². The molecule has 0 aliphatic heterocycles. The summed E-state index contributed by atoms with van der Waals surface area (Å²) >= 11 is 10.3. The van der Waals surface area contributed by atoms with Gasteiger partial charge in [-0.25, -0.2) is 8.42 Å². The maximum absolute atomic E-state index is 11.5. The van der Waals surface area contributed by atoms with Gasteiger partial charge < -0.3 is 0 Å². The van der Waals surface area contributed by atoms with Crippen LogP contribution in [0.5, 0.6) is 0 Å². The van der Waals surface area contributed by atoms with Crippen molar-refractivity contribution in [2.75, 3.05) is 0 Å². The second-order valence-electron chi connectivity index (χ2n) is 2.87. The number of nitrogens with one attached hydrogen (secondary N) is 1. The quantitative estimate of drug-likeness (QED) is 0.870. The van der Waals surface area contributed by atoms with Gasteiger partial charge in [-0.15, -0.1) is 4.49 Å². The molecular formula is C7H8Cl2NO3PS. The van der Waals surface area contributed by atoms with Crippen molar-refractivity contribution in [2.45, 2.75) is 11.8 Å². The molecule has 0 amide bonds. The Labute approximate surface area is 97.6 Å². The molecule has 1 N–H and O–H groups in total. The fourth-order valence-corrected chi connectivity index (χ4v) is 4.58. The van der Waals surface area contributed by atoms with Crippen molar-refractivity contribution in [3.63, 3.8) is 0 Å². The standard InChI is InChI=1S/C7H8Cl2NO3PS/c1-6-2-4-7(5-3-6)15(12,13)10-14(8,9)11/h2-5H,1H3,(H,10,11). The maximum atomic E-state index is 11.5. The minimum Gasteiger partial charge on any atom is -0.270 e. The van der Waals surface area contributed by atoms with Crippen LogP contribution in [0.2, 0.25) is 0 Å². The van der Waals surface area contributed by atoms with Crippen molar-refractivity contribution >= 4 is 38.5 Å². The minimum atomic E-state index is -3.91. The average Bonchev–Trinajstić information content (AvgIpc) is 2.00. The first kappa shape index (κ1) is 13.0. The van der Waals surface area contributed by atoms with Gasteiger partial charge in [-0.2, -0.15) is 0 Å². The molecule has 15 heavy (non-hydrogen) atoms. The number of rotatable bonds is 3. The van der Waals surface area contributed by atoms with Crippen LogP contribution >= 0.6 is 28.5 Å². The Balaban J connectivity index is 3.07. The van der Waals surface area contributed by atoms with Crippen LogP contribution in [0.15, 0.2) is 29.2 Å². The van der Waals surface area contributed by atoms with Gasteiger partial charge in [0.25, 0.3) is 0 Å². The van der Waals surface area contributed by atoms with E-state index < -0.39 is 16.0 Å². The molecule has 0 bridgehead atoms. The lowest BCUT2D eigenvalue weighted by Gasteiger charge is -2.06. The van der Waals surface area contributed by atoms with Gasteiger partial charge in [0, 0.05) is 0 Å². The van der Waals surface area contributed by atoms with Crippen LogP contribution in [0.1, 0.15) is 5.56 Å². The Kier molecular flexibility index (Phi) is 3.85. The second-order valence-corrected chi connectivity index (χ2v) is 9.38. The number of aryl methyl sites for hydroxylation is 1. The van der Waals surface area contributed by atoms with Crippen molar-refractivity contribution in [3.05, 3.63) is 29.8 Å². The highest BCUT2D eigenvalue weighted by atomic mass is 35.9. The van der Waals surface area contributed by atoms with E-state index in [1.54, 1.807) is 16.6 Å². The van der Waals surface area contributed by atoms with Crippen molar-refractivity contribution in [1.29, 1.82) is 0 Å². The summed E-state index contributed by atoms with van der Waals surface area (Å²) in [7, 11) is -3.91. The fraction of sp³-hybridized carbons (Fsp3) is 0.143. The van der Waals surface area contributed by atoms with Crippen LogP contribution in [-0.4, -0.2) is 8.42 Å².